The van der Waals surface area contributed by atoms with Gasteiger partial charge in [-0.1, -0.05) is 32.0 Å². The lowest BCUT2D eigenvalue weighted by molar-refractivity contribution is 0.196. The van der Waals surface area contributed by atoms with Gasteiger partial charge in [-0.05, 0) is 54.8 Å². The van der Waals surface area contributed by atoms with Crippen molar-refractivity contribution in [1.29, 1.82) is 0 Å². The lowest BCUT2D eigenvalue weighted by Crippen LogP contribution is -2.34. The van der Waals surface area contributed by atoms with E-state index in [9.17, 15) is 0 Å². The lowest BCUT2D eigenvalue weighted by Gasteiger charge is -2.32. The number of nitrogens with zero attached hydrogens (tertiary/aromatic N) is 2. The summed E-state index contributed by atoms with van der Waals surface area (Å²) in [7, 11) is 0. The molecule has 1 aliphatic heterocycles. The summed E-state index contributed by atoms with van der Waals surface area (Å²) in [6, 6.07) is 10.8. The van der Waals surface area contributed by atoms with E-state index in [0.29, 0.717) is 11.8 Å². The predicted molar refractivity (Wildman–Crippen MR) is 103 cm³/mol. The van der Waals surface area contributed by atoms with Crippen molar-refractivity contribution in [2.75, 3.05) is 13.1 Å². The predicted octanol–water partition coefficient (Wildman–Crippen LogP) is 4.47. The molecule has 4 nitrogen and oxygen atoms in total. The van der Waals surface area contributed by atoms with Crippen molar-refractivity contribution >= 4 is 10.9 Å². The Bertz CT molecular complexity index is 796. The van der Waals surface area contributed by atoms with Crippen LogP contribution in [0.15, 0.2) is 36.5 Å². The van der Waals surface area contributed by atoms with Gasteiger partial charge >= 0.3 is 0 Å². The van der Waals surface area contributed by atoms with E-state index < -0.39 is 0 Å². The van der Waals surface area contributed by atoms with Gasteiger partial charge in [0.25, 0.3) is 0 Å². The molecule has 0 radical (unpaired) electrons. The minimum absolute atomic E-state index is 0.578. The van der Waals surface area contributed by atoms with Gasteiger partial charge in [-0.25, -0.2) is 0 Å². The summed E-state index contributed by atoms with van der Waals surface area (Å²) >= 11 is 0. The number of aromatic amines is 2. The molecule has 0 bridgehead atoms. The average Bonchev–Trinajstić information content (AvgIpc) is 3.20. The summed E-state index contributed by atoms with van der Waals surface area (Å²) in [5.41, 5.74) is 5.33. The van der Waals surface area contributed by atoms with Crippen molar-refractivity contribution in [3.8, 4) is 0 Å². The molecule has 3 aromatic rings. The molecule has 0 amide bonds. The van der Waals surface area contributed by atoms with Crippen LogP contribution < -0.4 is 0 Å². The van der Waals surface area contributed by atoms with Gasteiger partial charge < -0.3 is 4.98 Å². The molecular formula is C21H28N4. The molecular weight excluding hydrogens is 308 g/mol. The molecule has 0 unspecified atom stereocenters. The summed E-state index contributed by atoms with van der Waals surface area (Å²) in [4.78, 5) is 6.15. The van der Waals surface area contributed by atoms with E-state index in [2.05, 4.69) is 64.3 Å². The Morgan fingerprint density at radius 3 is 3.00 bits per heavy atom. The molecule has 132 valence electrons. The topological polar surface area (TPSA) is 47.7 Å². The fraction of sp³-hybridized carbons (Fsp3) is 0.476. The highest BCUT2D eigenvalue weighted by Crippen LogP contribution is 2.29. The maximum atomic E-state index is 4.34. The lowest BCUT2D eigenvalue weighted by atomic mass is 9.90. The average molecular weight is 336 g/mol. The van der Waals surface area contributed by atoms with Crippen molar-refractivity contribution in [3.05, 3.63) is 53.5 Å². The highest BCUT2D eigenvalue weighted by Gasteiger charge is 2.25. The van der Waals surface area contributed by atoms with Crippen LogP contribution in [0.2, 0.25) is 0 Å². The molecule has 0 saturated carbocycles. The molecule has 1 fully saturated rings. The fourth-order valence-corrected chi connectivity index (χ4v) is 4.17. The summed E-state index contributed by atoms with van der Waals surface area (Å²) < 4.78 is 0. The first-order valence-corrected chi connectivity index (χ1v) is 9.50. The van der Waals surface area contributed by atoms with E-state index in [1.54, 1.807) is 0 Å². The number of likely N-dealkylation sites (tertiary alicyclic amines) is 1. The Morgan fingerprint density at radius 1 is 1.28 bits per heavy atom. The third-order valence-corrected chi connectivity index (χ3v) is 5.27. The van der Waals surface area contributed by atoms with E-state index in [0.717, 1.165) is 19.5 Å². The largest absolute Gasteiger partial charge is 0.357 e. The van der Waals surface area contributed by atoms with E-state index in [4.69, 9.17) is 0 Å². The molecule has 3 heterocycles. The van der Waals surface area contributed by atoms with Gasteiger partial charge in [-0.3, -0.25) is 10.00 Å². The maximum Gasteiger partial charge on any atom is 0.0522 e. The molecule has 1 aliphatic rings. The molecule has 1 saturated heterocycles. The number of piperidine rings is 1. The van der Waals surface area contributed by atoms with Gasteiger partial charge in [0.05, 0.1) is 6.20 Å². The minimum atomic E-state index is 0.578. The third kappa shape index (κ3) is 3.64. The first kappa shape index (κ1) is 16.4. The smallest absolute Gasteiger partial charge is 0.0522 e. The van der Waals surface area contributed by atoms with Crippen molar-refractivity contribution in [2.24, 2.45) is 5.92 Å². The number of hydrogen-bond acceptors (Lipinski definition) is 2. The van der Waals surface area contributed by atoms with Crippen LogP contribution in [0, 0.1) is 5.92 Å². The van der Waals surface area contributed by atoms with Crippen LogP contribution >= 0.6 is 0 Å². The van der Waals surface area contributed by atoms with Gasteiger partial charge in [-0.2, -0.15) is 5.10 Å². The molecule has 4 heteroatoms. The van der Waals surface area contributed by atoms with Gasteiger partial charge in [0.2, 0.25) is 0 Å². The molecule has 0 spiro atoms. The Labute approximate surface area is 149 Å². The van der Waals surface area contributed by atoms with Crippen LogP contribution in [0.1, 0.15) is 49.6 Å². The minimum Gasteiger partial charge on any atom is -0.357 e. The number of H-pyrrole nitrogens is 2. The SMILES string of the molecule is CC(C)Cc1cn[nH]c1[C@@H]1CCCN(Cc2cc3ccccc3[nH]2)C1. The Morgan fingerprint density at radius 2 is 2.16 bits per heavy atom. The zero-order valence-electron chi connectivity index (χ0n) is 15.3. The Kier molecular flexibility index (Phi) is 4.62. The summed E-state index contributed by atoms with van der Waals surface area (Å²) in [5.74, 6) is 1.25. The number of aromatic nitrogens is 3. The van der Waals surface area contributed by atoms with Crippen LogP contribution in [-0.4, -0.2) is 33.2 Å². The molecule has 2 N–H and O–H groups in total. The van der Waals surface area contributed by atoms with Crippen LogP contribution in [0.5, 0.6) is 0 Å². The zero-order chi connectivity index (χ0) is 17.2. The van der Waals surface area contributed by atoms with Crippen LogP contribution in [0.3, 0.4) is 0 Å². The molecule has 0 aliphatic carbocycles. The second-order valence-corrected chi connectivity index (χ2v) is 7.86. The quantitative estimate of drug-likeness (QED) is 0.722. The normalized spacial score (nSPS) is 19.1. The molecule has 1 aromatic carbocycles. The first-order valence-electron chi connectivity index (χ1n) is 9.50. The van der Waals surface area contributed by atoms with Crippen LogP contribution in [0.25, 0.3) is 10.9 Å². The molecule has 1 atom stereocenters. The number of benzene rings is 1. The second-order valence-electron chi connectivity index (χ2n) is 7.86. The number of hydrogen-bond donors (Lipinski definition) is 2. The summed E-state index contributed by atoms with van der Waals surface area (Å²) in [6.07, 6.45) is 5.66. The fourth-order valence-electron chi connectivity index (χ4n) is 4.17. The van der Waals surface area contributed by atoms with Crippen LogP contribution in [0.4, 0.5) is 0 Å². The Hall–Kier alpha value is -2.07. The standard InChI is InChI=1S/C21H28N4/c1-15(2)10-18-12-22-24-21(18)17-7-5-9-25(13-17)14-19-11-16-6-3-4-8-20(16)23-19/h3-4,6,8,11-12,15,17,23H,5,7,9-10,13-14H2,1-2H3,(H,22,24)/t17-/m1/s1. The summed E-state index contributed by atoms with van der Waals surface area (Å²) in [6.45, 7) is 7.85. The van der Waals surface area contributed by atoms with E-state index in [-0.39, 0.29) is 0 Å². The summed E-state index contributed by atoms with van der Waals surface area (Å²) in [5, 5.41) is 8.95. The van der Waals surface area contributed by atoms with Crippen molar-refractivity contribution < 1.29 is 0 Å². The van der Waals surface area contributed by atoms with E-state index in [1.165, 1.54) is 47.2 Å². The van der Waals surface area contributed by atoms with Crippen molar-refractivity contribution in [2.45, 2.75) is 45.6 Å². The number of fused-ring (bicyclic) bond motifs is 1. The molecule has 4 rings (SSSR count). The highest BCUT2D eigenvalue weighted by atomic mass is 15.2. The highest BCUT2D eigenvalue weighted by molar-refractivity contribution is 5.80. The van der Waals surface area contributed by atoms with Gasteiger partial charge in [0.1, 0.15) is 0 Å². The number of nitrogens with one attached hydrogen (secondary N) is 2. The van der Waals surface area contributed by atoms with Gasteiger partial charge in [-0.15, -0.1) is 0 Å². The third-order valence-electron chi connectivity index (χ3n) is 5.27. The van der Waals surface area contributed by atoms with Gasteiger partial charge in [0.15, 0.2) is 0 Å². The first-order chi connectivity index (χ1) is 12.2. The number of para-hydroxylation sites is 1. The van der Waals surface area contributed by atoms with E-state index >= 15 is 0 Å². The molecule has 2 aromatic heterocycles. The second kappa shape index (κ2) is 7.04. The van der Waals surface area contributed by atoms with Gasteiger partial charge in [0, 0.05) is 35.9 Å². The van der Waals surface area contributed by atoms with E-state index in [1.807, 2.05) is 6.20 Å². The Balaban J connectivity index is 1.46. The molecule has 25 heavy (non-hydrogen) atoms. The zero-order valence-corrected chi connectivity index (χ0v) is 15.3. The van der Waals surface area contributed by atoms with Crippen molar-refractivity contribution in [3.63, 3.8) is 0 Å². The van der Waals surface area contributed by atoms with Crippen molar-refractivity contribution in [1.82, 2.24) is 20.1 Å². The number of rotatable bonds is 5. The van der Waals surface area contributed by atoms with Crippen LogP contribution in [-0.2, 0) is 13.0 Å². The maximum absolute atomic E-state index is 4.34. The monoisotopic (exact) mass is 336 g/mol.